The van der Waals surface area contributed by atoms with Crippen molar-refractivity contribution in [2.45, 2.75) is 46.3 Å². The van der Waals surface area contributed by atoms with E-state index >= 15 is 0 Å². The highest BCUT2D eigenvalue weighted by Crippen LogP contribution is 2.29. The fourth-order valence-corrected chi connectivity index (χ4v) is 1.92. The van der Waals surface area contributed by atoms with Crippen LogP contribution in [-0.2, 0) is 0 Å². The molecule has 0 aliphatic heterocycles. The predicted molar refractivity (Wildman–Crippen MR) is 95.8 cm³/mol. The topological polar surface area (TPSA) is 73.6 Å². The Bertz CT molecular complexity index is 521. The van der Waals surface area contributed by atoms with Crippen LogP contribution in [0.5, 0.6) is 11.5 Å². The second kappa shape index (κ2) is 8.99. The molecule has 0 aliphatic carbocycles. The van der Waals surface area contributed by atoms with E-state index in [-0.39, 0.29) is 30.3 Å². The number of benzene rings is 1. The highest BCUT2D eigenvalue weighted by atomic mass is 35.5. The van der Waals surface area contributed by atoms with Gasteiger partial charge in [0, 0.05) is 12.1 Å². The Kier molecular flexibility index (Phi) is 8.42. The monoisotopic (exact) mass is 344 g/mol. The van der Waals surface area contributed by atoms with Crippen molar-refractivity contribution >= 4 is 18.3 Å². The SMILES string of the molecule is COc1cc(C(=O)NC(C)(CN)C(C)C)ccc1OC(C)C.Cl. The van der Waals surface area contributed by atoms with Crippen LogP contribution in [0.4, 0.5) is 0 Å². The normalized spacial score (nSPS) is 13.3. The number of ether oxygens (including phenoxy) is 2. The van der Waals surface area contributed by atoms with Crippen molar-refractivity contribution in [2.75, 3.05) is 13.7 Å². The molecule has 132 valence electrons. The molecule has 1 aromatic rings. The average Bonchev–Trinajstić information content (AvgIpc) is 2.46. The van der Waals surface area contributed by atoms with Gasteiger partial charge in [0.25, 0.3) is 5.91 Å². The van der Waals surface area contributed by atoms with Gasteiger partial charge in [-0.1, -0.05) is 13.8 Å². The van der Waals surface area contributed by atoms with Gasteiger partial charge in [0.1, 0.15) is 0 Å². The highest BCUT2D eigenvalue weighted by molar-refractivity contribution is 5.95. The van der Waals surface area contributed by atoms with Gasteiger partial charge in [-0.15, -0.1) is 12.4 Å². The summed E-state index contributed by atoms with van der Waals surface area (Å²) in [6.45, 7) is 10.3. The zero-order valence-electron chi connectivity index (χ0n) is 14.8. The van der Waals surface area contributed by atoms with E-state index in [1.165, 1.54) is 0 Å². The molecule has 1 atom stereocenters. The largest absolute Gasteiger partial charge is 0.493 e. The lowest BCUT2D eigenvalue weighted by molar-refractivity contribution is 0.0883. The third kappa shape index (κ3) is 5.59. The van der Waals surface area contributed by atoms with Crippen molar-refractivity contribution < 1.29 is 14.3 Å². The molecule has 0 bridgehead atoms. The Morgan fingerprint density at radius 1 is 1.26 bits per heavy atom. The van der Waals surface area contributed by atoms with Crippen LogP contribution in [0.25, 0.3) is 0 Å². The number of hydrogen-bond donors (Lipinski definition) is 2. The van der Waals surface area contributed by atoms with Crippen molar-refractivity contribution in [3.8, 4) is 11.5 Å². The van der Waals surface area contributed by atoms with Crippen LogP contribution in [0.2, 0.25) is 0 Å². The van der Waals surface area contributed by atoms with E-state index in [4.69, 9.17) is 15.2 Å². The van der Waals surface area contributed by atoms with Crippen molar-refractivity contribution in [1.82, 2.24) is 5.32 Å². The van der Waals surface area contributed by atoms with Crippen LogP contribution >= 0.6 is 12.4 Å². The molecule has 1 amide bonds. The van der Waals surface area contributed by atoms with Crippen LogP contribution in [0, 0.1) is 5.92 Å². The third-order valence-electron chi connectivity index (χ3n) is 3.89. The summed E-state index contributed by atoms with van der Waals surface area (Å²) in [5.41, 5.74) is 5.88. The first kappa shape index (κ1) is 21.5. The number of nitrogens with one attached hydrogen (secondary N) is 1. The maximum absolute atomic E-state index is 12.5. The molecule has 1 aromatic carbocycles. The van der Waals surface area contributed by atoms with Gasteiger partial charge in [-0.3, -0.25) is 4.79 Å². The Hall–Kier alpha value is -1.46. The maximum Gasteiger partial charge on any atom is 0.251 e. The zero-order valence-corrected chi connectivity index (χ0v) is 15.6. The van der Waals surface area contributed by atoms with Crippen molar-refractivity contribution in [3.63, 3.8) is 0 Å². The molecule has 0 aliphatic rings. The van der Waals surface area contributed by atoms with Gasteiger partial charge in [0.2, 0.25) is 0 Å². The summed E-state index contributed by atoms with van der Waals surface area (Å²) in [7, 11) is 1.56. The summed E-state index contributed by atoms with van der Waals surface area (Å²) in [6, 6.07) is 5.17. The Labute approximate surface area is 145 Å². The number of carbonyl (C=O) groups excluding carboxylic acids is 1. The molecule has 3 N–H and O–H groups in total. The summed E-state index contributed by atoms with van der Waals surface area (Å²) in [4.78, 5) is 12.5. The minimum absolute atomic E-state index is 0. The van der Waals surface area contributed by atoms with Gasteiger partial charge < -0.3 is 20.5 Å². The summed E-state index contributed by atoms with van der Waals surface area (Å²) >= 11 is 0. The predicted octanol–water partition coefficient (Wildman–Crippen LogP) is 3.01. The number of hydrogen-bond acceptors (Lipinski definition) is 4. The van der Waals surface area contributed by atoms with Gasteiger partial charge in [-0.2, -0.15) is 0 Å². The standard InChI is InChI=1S/C17H28N2O3.ClH/c1-11(2)17(5,10-18)19-16(20)13-7-8-14(22-12(3)4)15(9-13)21-6;/h7-9,11-12H,10,18H2,1-6H3,(H,19,20);1H. The number of rotatable bonds is 7. The quantitative estimate of drug-likeness (QED) is 0.797. The van der Waals surface area contributed by atoms with Crippen molar-refractivity contribution in [3.05, 3.63) is 23.8 Å². The molecule has 23 heavy (non-hydrogen) atoms. The first-order valence-corrected chi connectivity index (χ1v) is 7.60. The smallest absolute Gasteiger partial charge is 0.251 e. The molecule has 0 fully saturated rings. The molecule has 6 heteroatoms. The van der Waals surface area contributed by atoms with Crippen LogP contribution in [0.3, 0.4) is 0 Å². The lowest BCUT2D eigenvalue weighted by atomic mass is 9.88. The van der Waals surface area contributed by atoms with E-state index in [1.54, 1.807) is 25.3 Å². The first-order chi connectivity index (χ1) is 10.2. The van der Waals surface area contributed by atoms with Crippen LogP contribution < -0.4 is 20.5 Å². The van der Waals surface area contributed by atoms with E-state index in [1.807, 2.05) is 34.6 Å². The molecular weight excluding hydrogens is 316 g/mol. The minimum atomic E-state index is -0.447. The van der Waals surface area contributed by atoms with E-state index in [9.17, 15) is 4.79 Å². The summed E-state index contributed by atoms with van der Waals surface area (Å²) < 4.78 is 11.0. The number of nitrogens with two attached hydrogens (primary N) is 1. The first-order valence-electron chi connectivity index (χ1n) is 7.60. The fourth-order valence-electron chi connectivity index (χ4n) is 1.92. The van der Waals surface area contributed by atoms with Crippen molar-refractivity contribution in [1.29, 1.82) is 0 Å². The highest BCUT2D eigenvalue weighted by Gasteiger charge is 2.29. The van der Waals surface area contributed by atoms with Gasteiger partial charge in [-0.25, -0.2) is 0 Å². The Morgan fingerprint density at radius 2 is 1.87 bits per heavy atom. The summed E-state index contributed by atoms with van der Waals surface area (Å²) in [5, 5.41) is 3.01. The molecule has 1 rings (SSSR count). The zero-order chi connectivity index (χ0) is 16.9. The third-order valence-corrected chi connectivity index (χ3v) is 3.89. The van der Waals surface area contributed by atoms with Gasteiger partial charge in [0.15, 0.2) is 11.5 Å². The summed E-state index contributed by atoms with van der Waals surface area (Å²) in [5.74, 6) is 1.22. The van der Waals surface area contributed by atoms with Crippen LogP contribution in [-0.4, -0.2) is 31.2 Å². The van der Waals surface area contributed by atoms with Gasteiger partial charge >= 0.3 is 0 Å². The van der Waals surface area contributed by atoms with Crippen LogP contribution in [0.15, 0.2) is 18.2 Å². The van der Waals surface area contributed by atoms with Crippen molar-refractivity contribution in [2.24, 2.45) is 11.7 Å². The number of methoxy groups -OCH3 is 1. The van der Waals surface area contributed by atoms with Gasteiger partial charge in [0.05, 0.1) is 18.8 Å². The summed E-state index contributed by atoms with van der Waals surface area (Å²) in [6.07, 6.45) is 0.0371. The second-order valence-electron chi connectivity index (χ2n) is 6.26. The molecule has 5 nitrogen and oxygen atoms in total. The second-order valence-corrected chi connectivity index (χ2v) is 6.26. The molecule has 0 heterocycles. The lowest BCUT2D eigenvalue weighted by Crippen LogP contribution is -2.55. The molecular formula is C17H29ClN2O3. The minimum Gasteiger partial charge on any atom is -0.493 e. The molecule has 0 saturated heterocycles. The van der Waals surface area contributed by atoms with Crippen LogP contribution in [0.1, 0.15) is 45.0 Å². The average molecular weight is 345 g/mol. The molecule has 0 saturated carbocycles. The number of halogens is 1. The molecule has 0 spiro atoms. The Morgan fingerprint density at radius 3 is 2.30 bits per heavy atom. The fraction of sp³-hybridized carbons (Fsp3) is 0.588. The Balaban J connectivity index is 0.00000484. The van der Waals surface area contributed by atoms with E-state index < -0.39 is 5.54 Å². The lowest BCUT2D eigenvalue weighted by Gasteiger charge is -2.33. The molecule has 0 radical (unpaired) electrons. The van der Waals surface area contributed by atoms with Gasteiger partial charge in [-0.05, 0) is 44.9 Å². The molecule has 0 aromatic heterocycles. The number of amides is 1. The maximum atomic E-state index is 12.5. The molecule has 1 unspecified atom stereocenters. The van der Waals surface area contributed by atoms with E-state index in [2.05, 4.69) is 5.32 Å². The van der Waals surface area contributed by atoms with E-state index in [0.29, 0.717) is 23.6 Å². The number of carbonyl (C=O) groups is 1. The van der Waals surface area contributed by atoms with E-state index in [0.717, 1.165) is 0 Å².